The Kier molecular flexibility index (Phi) is 6.17. The molecule has 1 aromatic carbocycles. The van der Waals surface area contributed by atoms with Crippen molar-refractivity contribution in [3.05, 3.63) is 23.8 Å². The Balaban J connectivity index is 1.66. The second-order valence-electron chi connectivity index (χ2n) is 6.75. The largest absolute Gasteiger partial charge is 0.491 e. The van der Waals surface area contributed by atoms with E-state index in [9.17, 15) is 0 Å². The van der Waals surface area contributed by atoms with Gasteiger partial charge in [-0.3, -0.25) is 0 Å². The maximum absolute atomic E-state index is 6.11. The van der Waals surface area contributed by atoms with Gasteiger partial charge in [0.25, 0.3) is 0 Å². The highest BCUT2D eigenvalue weighted by molar-refractivity contribution is 5.62. The van der Waals surface area contributed by atoms with Crippen LogP contribution in [0.25, 0.3) is 0 Å². The molecule has 0 saturated carbocycles. The van der Waals surface area contributed by atoms with Crippen LogP contribution in [0, 0.1) is 0 Å². The van der Waals surface area contributed by atoms with E-state index in [0.29, 0.717) is 0 Å². The van der Waals surface area contributed by atoms with E-state index < -0.39 is 0 Å². The smallest absolute Gasteiger partial charge is 0.145 e. The number of anilines is 1. The highest BCUT2D eigenvalue weighted by atomic mass is 16.5. The van der Waals surface area contributed by atoms with E-state index in [1.807, 2.05) is 0 Å². The number of fused-ring (bicyclic) bond motifs is 1. The fourth-order valence-corrected chi connectivity index (χ4v) is 3.69. The number of hydrogen-bond donors (Lipinski definition) is 1. The average molecular weight is 317 g/mol. The minimum atomic E-state index is 0.813. The van der Waals surface area contributed by atoms with Crippen LogP contribution >= 0.6 is 0 Å². The molecular weight excluding hydrogens is 286 g/mol. The molecule has 0 unspecified atom stereocenters. The first-order valence-electron chi connectivity index (χ1n) is 9.30. The van der Waals surface area contributed by atoms with Gasteiger partial charge in [0.1, 0.15) is 5.75 Å². The highest BCUT2D eigenvalue weighted by Gasteiger charge is 2.20. The van der Waals surface area contributed by atoms with Crippen molar-refractivity contribution in [3.8, 4) is 5.75 Å². The number of aryl methyl sites for hydroxylation is 1. The number of hydrogen-bond acceptors (Lipinski definition) is 4. The Morgan fingerprint density at radius 2 is 1.96 bits per heavy atom. The Morgan fingerprint density at radius 3 is 2.87 bits per heavy atom. The van der Waals surface area contributed by atoms with E-state index in [1.54, 1.807) is 0 Å². The summed E-state index contributed by atoms with van der Waals surface area (Å²) < 4.78 is 6.11. The van der Waals surface area contributed by atoms with Crippen LogP contribution in [0.2, 0.25) is 0 Å². The summed E-state index contributed by atoms with van der Waals surface area (Å²) in [6.07, 6.45) is 7.16. The number of nitrogens with two attached hydrogens (primary N) is 1. The average Bonchev–Trinajstić information content (AvgIpc) is 2.95. The number of benzene rings is 1. The third-order valence-electron chi connectivity index (χ3n) is 5.02. The van der Waals surface area contributed by atoms with Crippen LogP contribution in [0.15, 0.2) is 18.2 Å². The molecule has 2 heterocycles. The summed E-state index contributed by atoms with van der Waals surface area (Å²) in [6, 6.07) is 6.68. The summed E-state index contributed by atoms with van der Waals surface area (Å²) in [5, 5.41) is 0. The van der Waals surface area contributed by atoms with Crippen molar-refractivity contribution in [1.29, 1.82) is 0 Å². The van der Waals surface area contributed by atoms with Crippen LogP contribution in [-0.4, -0.2) is 50.8 Å². The number of ether oxygens (including phenoxy) is 1. The Hall–Kier alpha value is -1.26. The number of unbranched alkanes of at least 4 members (excludes halogenated alkanes) is 1. The van der Waals surface area contributed by atoms with Gasteiger partial charge in [-0.1, -0.05) is 12.1 Å². The molecule has 4 heteroatoms. The molecule has 0 aromatic heterocycles. The first kappa shape index (κ1) is 16.6. The van der Waals surface area contributed by atoms with Crippen molar-refractivity contribution in [2.75, 3.05) is 50.8 Å². The Labute approximate surface area is 140 Å². The second-order valence-corrected chi connectivity index (χ2v) is 6.75. The molecule has 2 aliphatic heterocycles. The number of para-hydroxylation sites is 1. The van der Waals surface area contributed by atoms with Crippen LogP contribution in [0.5, 0.6) is 5.75 Å². The summed E-state index contributed by atoms with van der Waals surface area (Å²) >= 11 is 0. The van der Waals surface area contributed by atoms with Gasteiger partial charge >= 0.3 is 0 Å². The summed E-state index contributed by atoms with van der Waals surface area (Å²) in [5.74, 6) is 1.15. The minimum absolute atomic E-state index is 0.813. The van der Waals surface area contributed by atoms with E-state index in [2.05, 4.69) is 28.0 Å². The zero-order valence-corrected chi connectivity index (χ0v) is 14.3. The molecule has 3 rings (SSSR count). The lowest BCUT2D eigenvalue weighted by Gasteiger charge is -2.26. The van der Waals surface area contributed by atoms with Gasteiger partial charge in [-0.15, -0.1) is 0 Å². The van der Waals surface area contributed by atoms with Gasteiger partial charge in [0.2, 0.25) is 0 Å². The molecule has 0 bridgehead atoms. The zero-order valence-electron chi connectivity index (χ0n) is 14.3. The highest BCUT2D eigenvalue weighted by Crippen LogP contribution is 2.35. The van der Waals surface area contributed by atoms with E-state index in [1.165, 1.54) is 50.0 Å². The third-order valence-corrected chi connectivity index (χ3v) is 5.02. The molecule has 23 heavy (non-hydrogen) atoms. The van der Waals surface area contributed by atoms with E-state index in [4.69, 9.17) is 10.5 Å². The molecule has 128 valence electrons. The fourth-order valence-electron chi connectivity index (χ4n) is 3.69. The van der Waals surface area contributed by atoms with Crippen molar-refractivity contribution in [3.63, 3.8) is 0 Å². The summed E-state index contributed by atoms with van der Waals surface area (Å²) in [6.45, 7) is 7.45. The van der Waals surface area contributed by atoms with Crippen LogP contribution < -0.4 is 15.4 Å². The molecule has 4 nitrogen and oxygen atoms in total. The molecule has 0 spiro atoms. The van der Waals surface area contributed by atoms with Crippen molar-refractivity contribution >= 4 is 5.69 Å². The SMILES string of the molecule is NCCCCN1CCCN(c2cccc3c2OCCCC3)CC1. The topological polar surface area (TPSA) is 41.7 Å². The van der Waals surface area contributed by atoms with Gasteiger partial charge < -0.3 is 20.3 Å². The monoisotopic (exact) mass is 317 g/mol. The zero-order chi connectivity index (χ0) is 15.9. The lowest BCUT2D eigenvalue weighted by molar-refractivity contribution is 0.287. The first-order valence-corrected chi connectivity index (χ1v) is 9.30. The fraction of sp³-hybridized carbons (Fsp3) is 0.684. The van der Waals surface area contributed by atoms with Gasteiger partial charge in [-0.2, -0.15) is 0 Å². The van der Waals surface area contributed by atoms with Crippen LogP contribution in [0.4, 0.5) is 5.69 Å². The van der Waals surface area contributed by atoms with Gasteiger partial charge in [-0.25, -0.2) is 0 Å². The quantitative estimate of drug-likeness (QED) is 0.848. The van der Waals surface area contributed by atoms with Crippen molar-refractivity contribution < 1.29 is 4.74 Å². The van der Waals surface area contributed by atoms with Crippen LogP contribution in [-0.2, 0) is 6.42 Å². The molecule has 2 aliphatic rings. The molecule has 0 aliphatic carbocycles. The lowest BCUT2D eigenvalue weighted by atomic mass is 10.1. The molecule has 1 fully saturated rings. The summed E-state index contributed by atoms with van der Waals surface area (Å²) in [5.41, 5.74) is 8.32. The van der Waals surface area contributed by atoms with Crippen LogP contribution in [0.3, 0.4) is 0 Å². The van der Waals surface area contributed by atoms with E-state index >= 15 is 0 Å². The Bertz CT molecular complexity index is 492. The molecule has 0 radical (unpaired) electrons. The summed E-state index contributed by atoms with van der Waals surface area (Å²) in [7, 11) is 0. The molecule has 1 aromatic rings. The van der Waals surface area contributed by atoms with Gasteiger partial charge in [0.05, 0.1) is 12.3 Å². The first-order chi connectivity index (χ1) is 11.4. The third kappa shape index (κ3) is 4.39. The van der Waals surface area contributed by atoms with Crippen molar-refractivity contribution in [1.82, 2.24) is 4.90 Å². The number of nitrogens with zero attached hydrogens (tertiary/aromatic N) is 2. The van der Waals surface area contributed by atoms with E-state index in [-0.39, 0.29) is 0 Å². The van der Waals surface area contributed by atoms with Gasteiger partial charge in [0, 0.05) is 19.6 Å². The maximum atomic E-state index is 6.11. The molecular formula is C19H31N3O. The Morgan fingerprint density at radius 1 is 1.00 bits per heavy atom. The standard InChI is InChI=1S/C19H31N3O/c20-10-2-3-11-21-12-6-13-22(15-14-21)18-9-5-8-17-7-1-4-16-23-19(17)18/h5,8-9H,1-4,6-7,10-16,20H2. The minimum Gasteiger partial charge on any atom is -0.491 e. The predicted octanol–water partition coefficient (Wildman–Crippen LogP) is 2.65. The van der Waals surface area contributed by atoms with Gasteiger partial charge in [-0.05, 0) is 69.8 Å². The molecule has 1 saturated heterocycles. The van der Waals surface area contributed by atoms with Gasteiger partial charge in [0.15, 0.2) is 0 Å². The summed E-state index contributed by atoms with van der Waals surface area (Å²) in [4.78, 5) is 5.13. The second kappa shape index (κ2) is 8.55. The van der Waals surface area contributed by atoms with Crippen molar-refractivity contribution in [2.45, 2.75) is 38.5 Å². The molecule has 0 amide bonds. The number of rotatable bonds is 5. The van der Waals surface area contributed by atoms with Crippen molar-refractivity contribution in [2.24, 2.45) is 5.73 Å². The predicted molar refractivity (Wildman–Crippen MR) is 96.4 cm³/mol. The van der Waals surface area contributed by atoms with E-state index in [0.717, 1.165) is 51.4 Å². The maximum Gasteiger partial charge on any atom is 0.145 e. The molecule has 2 N–H and O–H groups in total. The van der Waals surface area contributed by atoms with Crippen LogP contribution in [0.1, 0.15) is 37.7 Å². The normalized spacial score (nSPS) is 19.6. The lowest BCUT2D eigenvalue weighted by Crippen LogP contribution is -2.31. The molecule has 0 atom stereocenters.